The number of hydrogen-bond acceptors (Lipinski definition) is 6. The molecule has 2 rings (SSSR count). The summed E-state index contributed by atoms with van der Waals surface area (Å²) in [6.07, 6.45) is 2.11. The molecule has 1 heterocycles. The van der Waals surface area contributed by atoms with E-state index in [1.54, 1.807) is 36.0 Å². The summed E-state index contributed by atoms with van der Waals surface area (Å²) in [7, 11) is 0. The van der Waals surface area contributed by atoms with Gasteiger partial charge in [0.05, 0.1) is 11.8 Å². The number of hydrogen-bond donors (Lipinski definition) is 2. The van der Waals surface area contributed by atoms with Crippen LogP contribution in [-0.2, 0) is 9.59 Å². The lowest BCUT2D eigenvalue weighted by Gasteiger charge is -2.17. The molecular weight excluding hydrogens is 332 g/mol. The summed E-state index contributed by atoms with van der Waals surface area (Å²) in [5.74, 6) is -0.784. The van der Waals surface area contributed by atoms with Gasteiger partial charge in [0.15, 0.2) is 0 Å². The summed E-state index contributed by atoms with van der Waals surface area (Å²) in [6, 6.07) is 5.97. The minimum atomic E-state index is -1.00. The Morgan fingerprint density at radius 3 is 2.83 bits per heavy atom. The van der Waals surface area contributed by atoms with Gasteiger partial charge in [-0.2, -0.15) is 16.4 Å². The molecule has 1 amide bonds. The Labute approximate surface area is 142 Å². The van der Waals surface area contributed by atoms with Gasteiger partial charge in [0.25, 0.3) is 5.56 Å². The van der Waals surface area contributed by atoms with E-state index in [4.69, 9.17) is 5.11 Å². The van der Waals surface area contributed by atoms with Gasteiger partial charge in [0.1, 0.15) is 11.6 Å². The number of fused-ring (bicyclic) bond motifs is 1. The lowest BCUT2D eigenvalue weighted by Crippen LogP contribution is -2.40. The van der Waals surface area contributed by atoms with Crippen LogP contribution in [0, 0.1) is 0 Å². The summed E-state index contributed by atoms with van der Waals surface area (Å²) in [6.45, 7) is -0.000303. The second-order valence-electron chi connectivity index (χ2n) is 5.09. The van der Waals surface area contributed by atoms with Crippen molar-refractivity contribution in [3.63, 3.8) is 0 Å². The number of carboxylic acid groups (broad SMARTS) is 1. The Hall–Kier alpha value is -2.42. The molecule has 0 saturated carbocycles. The molecular formula is C15H18N4O4S. The van der Waals surface area contributed by atoms with Crippen molar-refractivity contribution in [1.82, 2.24) is 20.3 Å². The first-order valence-corrected chi connectivity index (χ1v) is 8.76. The number of rotatable bonds is 8. The molecule has 24 heavy (non-hydrogen) atoms. The fourth-order valence-corrected chi connectivity index (χ4v) is 2.67. The highest BCUT2D eigenvalue weighted by atomic mass is 32.2. The molecule has 2 aromatic rings. The lowest BCUT2D eigenvalue weighted by molar-refractivity contribution is -0.137. The van der Waals surface area contributed by atoms with Crippen molar-refractivity contribution in [1.29, 1.82) is 0 Å². The fraction of sp³-hybridized carbons (Fsp3) is 0.400. The second-order valence-corrected chi connectivity index (χ2v) is 6.07. The zero-order valence-electron chi connectivity index (χ0n) is 13.1. The number of carboxylic acids is 1. The van der Waals surface area contributed by atoms with Crippen LogP contribution in [0.3, 0.4) is 0 Å². The van der Waals surface area contributed by atoms with Crippen molar-refractivity contribution >= 4 is 34.5 Å². The Bertz CT molecular complexity index is 792. The molecule has 8 nitrogen and oxygen atoms in total. The first kappa shape index (κ1) is 17.9. The van der Waals surface area contributed by atoms with E-state index in [9.17, 15) is 14.4 Å². The third kappa shape index (κ3) is 4.31. The number of carbonyl (C=O) groups is 2. The van der Waals surface area contributed by atoms with Gasteiger partial charge in [-0.15, -0.1) is 5.10 Å². The third-order valence-corrected chi connectivity index (χ3v) is 4.07. The Balaban J connectivity index is 2.30. The molecule has 1 aromatic heterocycles. The third-order valence-electron chi connectivity index (χ3n) is 3.42. The molecule has 0 aliphatic carbocycles. The monoisotopic (exact) mass is 350 g/mol. The number of amides is 1. The Kier molecular flexibility index (Phi) is 6.30. The molecule has 0 aliphatic heterocycles. The molecule has 0 bridgehead atoms. The van der Waals surface area contributed by atoms with Gasteiger partial charge in [0, 0.05) is 6.54 Å². The zero-order chi connectivity index (χ0) is 17.5. The standard InChI is InChI=1S/C15H18N4O4S/c1-24-9-7-12(14(22)16-8-6-13(20)21)19-15(23)10-4-2-3-5-11(10)17-18-19/h2-5,12H,6-9H2,1H3,(H,16,22)(H,20,21)/t12-/m1/s1. The van der Waals surface area contributed by atoms with E-state index in [0.29, 0.717) is 23.1 Å². The van der Waals surface area contributed by atoms with Gasteiger partial charge < -0.3 is 10.4 Å². The van der Waals surface area contributed by atoms with Crippen LogP contribution in [0.4, 0.5) is 0 Å². The second kappa shape index (κ2) is 8.44. The smallest absolute Gasteiger partial charge is 0.305 e. The maximum Gasteiger partial charge on any atom is 0.305 e. The predicted octanol–water partition coefficient (Wildman–Crippen LogP) is 0.677. The largest absolute Gasteiger partial charge is 0.481 e. The number of nitrogens with one attached hydrogen (secondary N) is 1. The quantitative estimate of drug-likeness (QED) is 0.719. The van der Waals surface area contributed by atoms with Crippen LogP contribution in [0.5, 0.6) is 0 Å². The number of thioether (sulfide) groups is 1. The summed E-state index contributed by atoms with van der Waals surface area (Å²) < 4.78 is 1.08. The average molecular weight is 350 g/mol. The van der Waals surface area contributed by atoms with Crippen LogP contribution in [-0.4, -0.2) is 50.5 Å². The molecule has 0 radical (unpaired) electrons. The number of aliphatic carboxylic acids is 1. The van der Waals surface area contributed by atoms with Gasteiger partial charge in [0.2, 0.25) is 5.91 Å². The molecule has 0 fully saturated rings. The maximum absolute atomic E-state index is 12.6. The van der Waals surface area contributed by atoms with E-state index in [0.717, 1.165) is 4.68 Å². The zero-order valence-corrected chi connectivity index (χ0v) is 14.0. The van der Waals surface area contributed by atoms with Crippen molar-refractivity contribution in [3.8, 4) is 0 Å². The molecule has 2 N–H and O–H groups in total. The number of aromatic nitrogens is 3. The van der Waals surface area contributed by atoms with Crippen molar-refractivity contribution in [3.05, 3.63) is 34.6 Å². The van der Waals surface area contributed by atoms with E-state index < -0.39 is 17.9 Å². The van der Waals surface area contributed by atoms with E-state index in [1.807, 2.05) is 6.26 Å². The molecule has 128 valence electrons. The van der Waals surface area contributed by atoms with Crippen LogP contribution in [0.15, 0.2) is 29.1 Å². The highest BCUT2D eigenvalue weighted by Gasteiger charge is 2.23. The Morgan fingerprint density at radius 1 is 1.38 bits per heavy atom. The minimum absolute atomic E-state index is 0.000303. The topological polar surface area (TPSA) is 114 Å². The van der Waals surface area contributed by atoms with Crippen LogP contribution < -0.4 is 10.9 Å². The lowest BCUT2D eigenvalue weighted by atomic mass is 10.2. The highest BCUT2D eigenvalue weighted by Crippen LogP contribution is 2.13. The summed E-state index contributed by atoms with van der Waals surface area (Å²) in [4.78, 5) is 35.5. The van der Waals surface area contributed by atoms with Crippen LogP contribution in [0.1, 0.15) is 18.9 Å². The highest BCUT2D eigenvalue weighted by molar-refractivity contribution is 7.98. The van der Waals surface area contributed by atoms with Gasteiger partial charge >= 0.3 is 5.97 Å². The SMILES string of the molecule is CSCC[C@H](C(=O)NCCC(=O)O)n1nnc2ccccc2c1=O. The van der Waals surface area contributed by atoms with Gasteiger partial charge in [-0.25, -0.2) is 0 Å². The normalized spacial score (nSPS) is 12.0. The van der Waals surface area contributed by atoms with Gasteiger partial charge in [-0.1, -0.05) is 17.3 Å². The van der Waals surface area contributed by atoms with Crippen LogP contribution >= 0.6 is 11.8 Å². The molecule has 1 aromatic carbocycles. The minimum Gasteiger partial charge on any atom is -0.481 e. The number of nitrogens with zero attached hydrogens (tertiary/aromatic N) is 3. The van der Waals surface area contributed by atoms with Crippen LogP contribution in [0.25, 0.3) is 10.9 Å². The molecule has 0 spiro atoms. The predicted molar refractivity (Wildman–Crippen MR) is 91.1 cm³/mol. The van der Waals surface area contributed by atoms with Crippen molar-refractivity contribution in [2.45, 2.75) is 18.9 Å². The van der Waals surface area contributed by atoms with E-state index >= 15 is 0 Å². The van der Waals surface area contributed by atoms with Gasteiger partial charge in [-0.3, -0.25) is 14.4 Å². The average Bonchev–Trinajstić information content (AvgIpc) is 2.57. The molecule has 0 saturated heterocycles. The van der Waals surface area contributed by atoms with Crippen LogP contribution in [0.2, 0.25) is 0 Å². The maximum atomic E-state index is 12.6. The van der Waals surface area contributed by atoms with Crippen molar-refractivity contribution < 1.29 is 14.7 Å². The fourth-order valence-electron chi connectivity index (χ4n) is 2.21. The van der Waals surface area contributed by atoms with E-state index in [2.05, 4.69) is 15.6 Å². The summed E-state index contributed by atoms with van der Waals surface area (Å²) in [5, 5.41) is 19.5. The number of carbonyl (C=O) groups excluding carboxylic acids is 1. The molecule has 1 atom stereocenters. The van der Waals surface area contributed by atoms with E-state index in [1.165, 1.54) is 0 Å². The van der Waals surface area contributed by atoms with Crippen molar-refractivity contribution in [2.24, 2.45) is 0 Å². The Morgan fingerprint density at radius 2 is 2.12 bits per heavy atom. The first-order chi connectivity index (χ1) is 11.5. The first-order valence-electron chi connectivity index (χ1n) is 7.37. The summed E-state index contributed by atoms with van der Waals surface area (Å²) in [5.41, 5.74) is 0.0775. The molecule has 9 heteroatoms. The molecule has 0 aliphatic rings. The van der Waals surface area contributed by atoms with Crippen molar-refractivity contribution in [2.75, 3.05) is 18.6 Å². The summed E-state index contributed by atoms with van der Waals surface area (Å²) >= 11 is 1.54. The molecule has 0 unspecified atom stereocenters. The van der Waals surface area contributed by atoms with E-state index in [-0.39, 0.29) is 18.5 Å². The van der Waals surface area contributed by atoms with Gasteiger partial charge in [-0.05, 0) is 30.6 Å². The number of benzene rings is 1.